The summed E-state index contributed by atoms with van der Waals surface area (Å²) in [6.45, 7) is 1.85. The molecule has 0 spiro atoms. The van der Waals surface area contributed by atoms with Crippen molar-refractivity contribution in [2.75, 3.05) is 25.5 Å². The van der Waals surface area contributed by atoms with E-state index in [4.69, 9.17) is 0 Å². The standard InChI is InChI=1S/C17H23N3O/c1-20(14-7-3-4-8-14)11-10-18-16-12-13-6-2-5-9-15(13)17(21)19-16/h2,5-6,9,12,14H,3-4,7-8,10-11H2,1H3,(H2,18,19,21). The van der Waals surface area contributed by atoms with Crippen LogP contribution in [0.1, 0.15) is 25.7 Å². The van der Waals surface area contributed by atoms with Crippen LogP contribution in [0.5, 0.6) is 0 Å². The molecule has 4 heteroatoms. The summed E-state index contributed by atoms with van der Waals surface area (Å²) in [6, 6.07) is 10.4. The Morgan fingerprint density at radius 2 is 2.05 bits per heavy atom. The van der Waals surface area contributed by atoms with Gasteiger partial charge in [-0.25, -0.2) is 0 Å². The monoisotopic (exact) mass is 285 g/mol. The summed E-state index contributed by atoms with van der Waals surface area (Å²) in [5, 5.41) is 5.06. The summed E-state index contributed by atoms with van der Waals surface area (Å²) in [5.74, 6) is 0.804. The van der Waals surface area contributed by atoms with Crippen LogP contribution in [0.3, 0.4) is 0 Å². The van der Waals surface area contributed by atoms with Gasteiger partial charge >= 0.3 is 0 Å². The highest BCUT2D eigenvalue weighted by molar-refractivity contribution is 5.83. The Kier molecular flexibility index (Phi) is 4.25. The molecular formula is C17H23N3O. The molecule has 1 aromatic heterocycles. The fraction of sp³-hybridized carbons (Fsp3) is 0.471. The van der Waals surface area contributed by atoms with Crippen molar-refractivity contribution >= 4 is 16.6 Å². The zero-order valence-corrected chi connectivity index (χ0v) is 12.6. The molecule has 0 aliphatic heterocycles. The Morgan fingerprint density at radius 1 is 1.29 bits per heavy atom. The Morgan fingerprint density at radius 3 is 2.86 bits per heavy atom. The molecular weight excluding hydrogens is 262 g/mol. The van der Waals surface area contributed by atoms with Crippen LogP contribution >= 0.6 is 0 Å². The SMILES string of the molecule is CN(CCNc1cc2ccccc2c(=O)[nH]1)C1CCCC1. The first kappa shape index (κ1) is 14.1. The van der Waals surface area contributed by atoms with Gasteiger partial charge in [0.25, 0.3) is 5.56 Å². The van der Waals surface area contributed by atoms with E-state index in [1.807, 2.05) is 30.3 Å². The van der Waals surface area contributed by atoms with E-state index in [9.17, 15) is 4.79 Å². The highest BCUT2D eigenvalue weighted by atomic mass is 16.1. The van der Waals surface area contributed by atoms with Crippen LogP contribution in [0.4, 0.5) is 5.82 Å². The normalized spacial score (nSPS) is 15.9. The van der Waals surface area contributed by atoms with Gasteiger partial charge in [0.2, 0.25) is 0 Å². The zero-order chi connectivity index (χ0) is 14.7. The van der Waals surface area contributed by atoms with E-state index >= 15 is 0 Å². The maximum absolute atomic E-state index is 12.0. The molecule has 0 bridgehead atoms. The number of fused-ring (bicyclic) bond motifs is 1. The Hall–Kier alpha value is -1.81. The van der Waals surface area contributed by atoms with E-state index in [-0.39, 0.29) is 5.56 Å². The summed E-state index contributed by atoms with van der Waals surface area (Å²) in [4.78, 5) is 17.3. The number of rotatable bonds is 5. The molecule has 1 fully saturated rings. The Labute approximate surface area is 125 Å². The van der Waals surface area contributed by atoms with Crippen LogP contribution in [0.25, 0.3) is 10.8 Å². The van der Waals surface area contributed by atoms with Crippen LogP contribution in [0.2, 0.25) is 0 Å². The van der Waals surface area contributed by atoms with E-state index in [0.29, 0.717) is 0 Å². The number of nitrogens with one attached hydrogen (secondary N) is 2. The highest BCUT2D eigenvalue weighted by Crippen LogP contribution is 2.22. The number of aromatic amines is 1. The van der Waals surface area contributed by atoms with E-state index in [1.165, 1.54) is 25.7 Å². The lowest BCUT2D eigenvalue weighted by Crippen LogP contribution is -2.33. The third-order valence-corrected chi connectivity index (χ3v) is 4.48. The van der Waals surface area contributed by atoms with Crippen molar-refractivity contribution in [2.24, 2.45) is 0 Å². The number of hydrogen-bond donors (Lipinski definition) is 2. The van der Waals surface area contributed by atoms with Gasteiger partial charge < -0.3 is 15.2 Å². The molecule has 0 saturated heterocycles. The number of anilines is 1. The van der Waals surface area contributed by atoms with Gasteiger partial charge in [0.1, 0.15) is 5.82 Å². The number of nitrogens with zero attached hydrogens (tertiary/aromatic N) is 1. The van der Waals surface area contributed by atoms with Gasteiger partial charge in [-0.3, -0.25) is 4.79 Å². The van der Waals surface area contributed by atoms with Gasteiger partial charge in [0.15, 0.2) is 0 Å². The summed E-state index contributed by atoms with van der Waals surface area (Å²) in [5.41, 5.74) is -0.0280. The highest BCUT2D eigenvalue weighted by Gasteiger charge is 2.18. The zero-order valence-electron chi connectivity index (χ0n) is 12.6. The lowest BCUT2D eigenvalue weighted by atomic mass is 10.2. The first-order chi connectivity index (χ1) is 10.2. The quantitative estimate of drug-likeness (QED) is 0.888. The van der Waals surface area contributed by atoms with E-state index < -0.39 is 0 Å². The first-order valence-corrected chi connectivity index (χ1v) is 7.80. The molecule has 0 unspecified atom stereocenters. The minimum absolute atomic E-state index is 0.0280. The second kappa shape index (κ2) is 6.31. The molecule has 0 atom stereocenters. The summed E-state index contributed by atoms with van der Waals surface area (Å²) in [6.07, 6.45) is 5.37. The average Bonchev–Trinajstić information content (AvgIpc) is 3.01. The summed E-state index contributed by atoms with van der Waals surface area (Å²) < 4.78 is 0. The maximum atomic E-state index is 12.0. The Balaban J connectivity index is 1.61. The van der Waals surface area contributed by atoms with Gasteiger partial charge in [-0.1, -0.05) is 31.0 Å². The molecule has 1 aliphatic carbocycles. The van der Waals surface area contributed by atoms with Crippen molar-refractivity contribution in [1.29, 1.82) is 0 Å². The Bertz CT molecular complexity index is 658. The van der Waals surface area contributed by atoms with Crippen molar-refractivity contribution in [3.8, 4) is 0 Å². The first-order valence-electron chi connectivity index (χ1n) is 7.80. The largest absolute Gasteiger partial charge is 0.370 e. The van der Waals surface area contributed by atoms with Crippen LogP contribution in [-0.2, 0) is 0 Å². The van der Waals surface area contributed by atoms with Crippen LogP contribution in [-0.4, -0.2) is 36.1 Å². The molecule has 1 aromatic carbocycles. The molecule has 4 nitrogen and oxygen atoms in total. The molecule has 1 aliphatic rings. The fourth-order valence-electron chi connectivity index (χ4n) is 3.20. The summed E-state index contributed by atoms with van der Waals surface area (Å²) >= 11 is 0. The maximum Gasteiger partial charge on any atom is 0.257 e. The van der Waals surface area contributed by atoms with Gasteiger partial charge in [-0.15, -0.1) is 0 Å². The number of pyridine rings is 1. The third-order valence-electron chi connectivity index (χ3n) is 4.48. The van der Waals surface area contributed by atoms with Crippen molar-refractivity contribution in [3.05, 3.63) is 40.7 Å². The number of hydrogen-bond acceptors (Lipinski definition) is 3. The van der Waals surface area contributed by atoms with Crippen LogP contribution in [0, 0.1) is 0 Å². The van der Waals surface area contributed by atoms with Crippen LogP contribution < -0.4 is 10.9 Å². The minimum atomic E-state index is -0.0280. The lowest BCUT2D eigenvalue weighted by Gasteiger charge is -2.24. The van der Waals surface area contributed by atoms with Crippen molar-refractivity contribution in [3.63, 3.8) is 0 Å². The fourth-order valence-corrected chi connectivity index (χ4v) is 3.20. The minimum Gasteiger partial charge on any atom is -0.370 e. The number of benzene rings is 1. The number of likely N-dealkylation sites (N-methyl/N-ethyl adjacent to an activating group) is 1. The number of aromatic nitrogens is 1. The molecule has 0 amide bonds. The number of H-pyrrole nitrogens is 1. The lowest BCUT2D eigenvalue weighted by molar-refractivity contribution is 0.254. The van der Waals surface area contributed by atoms with E-state index in [2.05, 4.69) is 22.2 Å². The van der Waals surface area contributed by atoms with Crippen LogP contribution in [0.15, 0.2) is 35.1 Å². The second-order valence-electron chi connectivity index (χ2n) is 5.95. The molecule has 1 saturated carbocycles. The molecule has 112 valence electrons. The van der Waals surface area contributed by atoms with Crippen molar-refractivity contribution < 1.29 is 0 Å². The molecule has 3 rings (SSSR count). The molecule has 0 radical (unpaired) electrons. The van der Waals surface area contributed by atoms with Gasteiger partial charge in [0.05, 0.1) is 0 Å². The van der Waals surface area contributed by atoms with Gasteiger partial charge in [0, 0.05) is 24.5 Å². The summed E-state index contributed by atoms with van der Waals surface area (Å²) in [7, 11) is 2.20. The molecule has 1 heterocycles. The molecule has 21 heavy (non-hydrogen) atoms. The van der Waals surface area contributed by atoms with Crippen molar-refractivity contribution in [1.82, 2.24) is 9.88 Å². The van der Waals surface area contributed by atoms with E-state index in [0.717, 1.165) is 35.7 Å². The predicted molar refractivity (Wildman–Crippen MR) is 87.9 cm³/mol. The third kappa shape index (κ3) is 3.27. The van der Waals surface area contributed by atoms with Gasteiger partial charge in [-0.2, -0.15) is 0 Å². The smallest absolute Gasteiger partial charge is 0.257 e. The molecule has 2 N–H and O–H groups in total. The van der Waals surface area contributed by atoms with E-state index in [1.54, 1.807) is 0 Å². The predicted octanol–water partition coefficient (Wildman–Crippen LogP) is 2.81. The average molecular weight is 285 g/mol. The topological polar surface area (TPSA) is 48.1 Å². The molecule has 2 aromatic rings. The second-order valence-corrected chi connectivity index (χ2v) is 5.95. The van der Waals surface area contributed by atoms with Gasteiger partial charge in [-0.05, 0) is 37.4 Å². The van der Waals surface area contributed by atoms with Crippen molar-refractivity contribution in [2.45, 2.75) is 31.7 Å².